The molecule has 0 amide bonds. The zero-order valence-corrected chi connectivity index (χ0v) is 13.2. The molecule has 120 valence electrons. The Balaban J connectivity index is 1.50. The second-order valence-corrected chi connectivity index (χ2v) is 5.94. The molecular weight excluding hydrogens is 278 g/mol. The van der Waals surface area contributed by atoms with Crippen LogP contribution in [0.4, 0.5) is 0 Å². The lowest BCUT2D eigenvalue weighted by atomic mass is 9.93. The summed E-state index contributed by atoms with van der Waals surface area (Å²) < 4.78 is 11.1. The van der Waals surface area contributed by atoms with E-state index in [-0.39, 0.29) is 0 Å². The monoisotopic (exact) mass is 303 g/mol. The molecule has 2 aliphatic rings. The van der Waals surface area contributed by atoms with Gasteiger partial charge in [0.15, 0.2) is 5.96 Å². The van der Waals surface area contributed by atoms with Crippen molar-refractivity contribution in [3.05, 3.63) is 29.8 Å². The summed E-state index contributed by atoms with van der Waals surface area (Å²) in [4.78, 5) is 4.31. The number of guanidine groups is 1. The third-order valence-corrected chi connectivity index (χ3v) is 4.40. The first kappa shape index (κ1) is 15.2. The zero-order chi connectivity index (χ0) is 15.2. The Kier molecular flexibility index (Phi) is 5.16. The lowest BCUT2D eigenvalue weighted by Crippen LogP contribution is -2.42. The smallest absolute Gasteiger partial charge is 0.191 e. The van der Waals surface area contributed by atoms with Gasteiger partial charge < -0.3 is 20.1 Å². The van der Waals surface area contributed by atoms with Gasteiger partial charge in [-0.1, -0.05) is 18.2 Å². The third-order valence-electron chi connectivity index (χ3n) is 4.40. The van der Waals surface area contributed by atoms with Crippen LogP contribution in [-0.4, -0.2) is 45.9 Å². The summed E-state index contributed by atoms with van der Waals surface area (Å²) in [7, 11) is 1.82. The summed E-state index contributed by atoms with van der Waals surface area (Å²) in [6.45, 7) is 4.33. The van der Waals surface area contributed by atoms with Crippen LogP contribution in [0.3, 0.4) is 0 Å². The molecule has 0 aromatic heterocycles. The van der Waals surface area contributed by atoms with Crippen molar-refractivity contribution in [1.82, 2.24) is 10.6 Å². The molecule has 5 nitrogen and oxygen atoms in total. The van der Waals surface area contributed by atoms with Gasteiger partial charge in [-0.2, -0.15) is 0 Å². The number of hydrogen-bond donors (Lipinski definition) is 2. The van der Waals surface area contributed by atoms with Gasteiger partial charge in [0, 0.05) is 38.6 Å². The van der Waals surface area contributed by atoms with E-state index in [4.69, 9.17) is 9.47 Å². The van der Waals surface area contributed by atoms with E-state index in [2.05, 4.69) is 33.8 Å². The molecular formula is C17H25N3O2. The number of rotatable bonds is 4. The van der Waals surface area contributed by atoms with E-state index in [1.807, 2.05) is 13.1 Å². The summed E-state index contributed by atoms with van der Waals surface area (Å²) in [6, 6.07) is 8.31. The van der Waals surface area contributed by atoms with Gasteiger partial charge in [-0.05, 0) is 24.5 Å². The van der Waals surface area contributed by atoms with Crippen molar-refractivity contribution in [3.63, 3.8) is 0 Å². The van der Waals surface area contributed by atoms with E-state index in [9.17, 15) is 0 Å². The van der Waals surface area contributed by atoms with Crippen LogP contribution in [0.2, 0.25) is 0 Å². The molecule has 0 spiro atoms. The number of nitrogens with one attached hydrogen (secondary N) is 2. The first-order valence-corrected chi connectivity index (χ1v) is 8.11. The molecule has 0 saturated carbocycles. The average Bonchev–Trinajstić information content (AvgIpc) is 3.08. The zero-order valence-electron chi connectivity index (χ0n) is 13.2. The molecule has 2 atom stereocenters. The summed E-state index contributed by atoms with van der Waals surface area (Å²) in [5.74, 6) is 2.96. The lowest BCUT2D eigenvalue weighted by Gasteiger charge is -2.26. The minimum absolute atomic E-state index is 0.471. The fourth-order valence-corrected chi connectivity index (χ4v) is 3.05. The summed E-state index contributed by atoms with van der Waals surface area (Å²) >= 11 is 0. The van der Waals surface area contributed by atoms with Gasteiger partial charge in [0.2, 0.25) is 0 Å². The average molecular weight is 303 g/mol. The van der Waals surface area contributed by atoms with Crippen molar-refractivity contribution in [2.45, 2.75) is 18.8 Å². The minimum Gasteiger partial charge on any atom is -0.493 e. The van der Waals surface area contributed by atoms with E-state index in [1.165, 1.54) is 5.56 Å². The highest BCUT2D eigenvalue weighted by molar-refractivity contribution is 5.79. The normalized spacial score (nSPS) is 24.5. The van der Waals surface area contributed by atoms with Gasteiger partial charge in [-0.3, -0.25) is 4.99 Å². The molecule has 2 heterocycles. The van der Waals surface area contributed by atoms with E-state index < -0.39 is 0 Å². The maximum absolute atomic E-state index is 5.71. The van der Waals surface area contributed by atoms with E-state index in [0.29, 0.717) is 11.8 Å². The van der Waals surface area contributed by atoms with Crippen LogP contribution in [0.25, 0.3) is 0 Å². The van der Waals surface area contributed by atoms with Crippen LogP contribution in [0.1, 0.15) is 24.3 Å². The van der Waals surface area contributed by atoms with Crippen molar-refractivity contribution < 1.29 is 9.47 Å². The van der Waals surface area contributed by atoms with Crippen molar-refractivity contribution in [1.29, 1.82) is 0 Å². The van der Waals surface area contributed by atoms with E-state index in [1.54, 1.807) is 0 Å². The highest BCUT2D eigenvalue weighted by Crippen LogP contribution is 2.32. The summed E-state index contributed by atoms with van der Waals surface area (Å²) in [5.41, 5.74) is 1.29. The number of ether oxygens (including phenoxy) is 2. The topological polar surface area (TPSA) is 54.9 Å². The van der Waals surface area contributed by atoms with Gasteiger partial charge in [0.1, 0.15) is 5.75 Å². The van der Waals surface area contributed by atoms with E-state index in [0.717, 1.165) is 57.5 Å². The Labute approximate surface area is 132 Å². The van der Waals surface area contributed by atoms with Crippen molar-refractivity contribution in [2.24, 2.45) is 10.9 Å². The molecule has 2 N–H and O–H groups in total. The molecule has 0 aliphatic carbocycles. The van der Waals surface area contributed by atoms with Gasteiger partial charge in [0.05, 0.1) is 13.2 Å². The number of para-hydroxylation sites is 1. The van der Waals surface area contributed by atoms with Crippen LogP contribution in [0.5, 0.6) is 5.75 Å². The molecule has 3 rings (SSSR count). The number of aliphatic imine (C=N–C) groups is 1. The minimum atomic E-state index is 0.471. The van der Waals surface area contributed by atoms with E-state index >= 15 is 0 Å². The Hall–Kier alpha value is -1.75. The quantitative estimate of drug-likeness (QED) is 0.657. The van der Waals surface area contributed by atoms with Gasteiger partial charge >= 0.3 is 0 Å². The summed E-state index contributed by atoms with van der Waals surface area (Å²) in [6.07, 6.45) is 2.18. The molecule has 2 aliphatic heterocycles. The lowest BCUT2D eigenvalue weighted by molar-refractivity contribution is 0.186. The predicted octanol–water partition coefficient (Wildman–Crippen LogP) is 1.75. The first-order chi connectivity index (χ1) is 10.9. The SMILES string of the molecule is CN=C(NCC1CCOC1)NCC1CCOc2ccccc21. The third kappa shape index (κ3) is 3.71. The van der Waals surface area contributed by atoms with Crippen LogP contribution < -0.4 is 15.4 Å². The van der Waals surface area contributed by atoms with Crippen molar-refractivity contribution >= 4 is 5.96 Å². The maximum Gasteiger partial charge on any atom is 0.191 e. The standard InChI is InChI=1S/C17H25N3O2/c1-18-17(19-10-13-6-8-21-12-13)20-11-14-7-9-22-16-5-3-2-4-15(14)16/h2-5,13-14H,6-12H2,1H3,(H2,18,19,20). The van der Waals surface area contributed by atoms with Crippen LogP contribution >= 0.6 is 0 Å². The molecule has 5 heteroatoms. The number of hydrogen-bond acceptors (Lipinski definition) is 3. The molecule has 0 radical (unpaired) electrons. The Morgan fingerprint density at radius 1 is 1.18 bits per heavy atom. The Bertz CT molecular complexity index is 512. The second-order valence-electron chi connectivity index (χ2n) is 5.94. The van der Waals surface area contributed by atoms with Gasteiger partial charge in [-0.15, -0.1) is 0 Å². The van der Waals surface area contributed by atoms with Gasteiger partial charge in [-0.25, -0.2) is 0 Å². The molecule has 1 saturated heterocycles. The van der Waals surface area contributed by atoms with Crippen molar-refractivity contribution in [2.75, 3.05) is 40.0 Å². The van der Waals surface area contributed by atoms with Crippen LogP contribution in [0.15, 0.2) is 29.3 Å². The Morgan fingerprint density at radius 3 is 2.86 bits per heavy atom. The fourth-order valence-electron chi connectivity index (χ4n) is 3.05. The second kappa shape index (κ2) is 7.49. The highest BCUT2D eigenvalue weighted by Gasteiger charge is 2.21. The molecule has 1 aromatic carbocycles. The number of benzene rings is 1. The first-order valence-electron chi connectivity index (χ1n) is 8.11. The van der Waals surface area contributed by atoms with Gasteiger partial charge in [0.25, 0.3) is 0 Å². The predicted molar refractivity (Wildman–Crippen MR) is 87.6 cm³/mol. The highest BCUT2D eigenvalue weighted by atomic mass is 16.5. The molecule has 1 fully saturated rings. The Morgan fingerprint density at radius 2 is 2.05 bits per heavy atom. The number of nitrogens with zero attached hydrogens (tertiary/aromatic N) is 1. The number of fused-ring (bicyclic) bond motifs is 1. The molecule has 1 aromatic rings. The fraction of sp³-hybridized carbons (Fsp3) is 0.588. The largest absolute Gasteiger partial charge is 0.493 e. The van der Waals surface area contributed by atoms with Crippen molar-refractivity contribution in [3.8, 4) is 5.75 Å². The molecule has 0 bridgehead atoms. The summed E-state index contributed by atoms with van der Waals surface area (Å²) in [5, 5.41) is 6.85. The maximum atomic E-state index is 5.71. The molecule has 2 unspecified atom stereocenters. The van der Waals surface area contributed by atoms with Crippen LogP contribution in [0, 0.1) is 5.92 Å². The van der Waals surface area contributed by atoms with Crippen LogP contribution in [-0.2, 0) is 4.74 Å². The molecule has 22 heavy (non-hydrogen) atoms.